The van der Waals surface area contributed by atoms with Gasteiger partial charge in [0.05, 0.1) is 6.20 Å². The standard InChI is InChI=1S/C13H19N3O3/c1-13(2,3)19-12(18)9-5-6-10-15-7-8(14-4)11(17)16(9)10/h7,9,14H,5-6H2,1-4H3. The van der Waals surface area contributed by atoms with Gasteiger partial charge in [-0.2, -0.15) is 0 Å². The third kappa shape index (κ3) is 2.62. The molecular formula is C13H19N3O3. The van der Waals surface area contributed by atoms with Crippen molar-refractivity contribution in [1.29, 1.82) is 0 Å². The topological polar surface area (TPSA) is 73.2 Å². The second-order valence-corrected chi connectivity index (χ2v) is 5.60. The first kappa shape index (κ1) is 13.6. The fraction of sp³-hybridized carbons (Fsp3) is 0.615. The number of nitrogens with zero attached hydrogens (tertiary/aromatic N) is 2. The Morgan fingerprint density at radius 3 is 2.79 bits per heavy atom. The molecule has 0 bridgehead atoms. The van der Waals surface area contributed by atoms with Crippen molar-refractivity contribution in [2.45, 2.75) is 45.3 Å². The number of carbonyl (C=O) groups excluding carboxylic acids is 1. The highest BCUT2D eigenvalue weighted by Crippen LogP contribution is 2.25. The van der Waals surface area contributed by atoms with Gasteiger partial charge in [0, 0.05) is 13.5 Å². The van der Waals surface area contributed by atoms with Crippen LogP contribution < -0.4 is 10.9 Å². The predicted octanol–water partition coefficient (Wildman–Crippen LogP) is 1.11. The maximum absolute atomic E-state index is 12.2. The summed E-state index contributed by atoms with van der Waals surface area (Å²) >= 11 is 0. The molecule has 2 heterocycles. The Balaban J connectivity index is 2.36. The highest BCUT2D eigenvalue weighted by molar-refractivity contribution is 5.75. The SMILES string of the molecule is CNc1cnc2n(c1=O)C(C(=O)OC(C)(C)C)CC2. The van der Waals surface area contributed by atoms with Crippen molar-refractivity contribution in [3.8, 4) is 0 Å². The maximum Gasteiger partial charge on any atom is 0.329 e. The fourth-order valence-corrected chi connectivity index (χ4v) is 2.17. The number of ether oxygens (including phenoxy) is 1. The van der Waals surface area contributed by atoms with E-state index in [0.717, 1.165) is 0 Å². The molecule has 2 rings (SSSR count). The van der Waals surface area contributed by atoms with Crippen LogP contribution in [0.5, 0.6) is 0 Å². The monoisotopic (exact) mass is 265 g/mol. The number of fused-ring (bicyclic) bond motifs is 1. The van der Waals surface area contributed by atoms with Crippen LogP contribution in [0.3, 0.4) is 0 Å². The summed E-state index contributed by atoms with van der Waals surface area (Å²) in [6.07, 6.45) is 2.68. The van der Waals surface area contributed by atoms with E-state index in [1.54, 1.807) is 7.05 Å². The van der Waals surface area contributed by atoms with Gasteiger partial charge in [-0.15, -0.1) is 0 Å². The minimum absolute atomic E-state index is 0.221. The largest absolute Gasteiger partial charge is 0.458 e. The number of esters is 1. The molecule has 6 heteroatoms. The molecule has 6 nitrogen and oxygen atoms in total. The lowest BCUT2D eigenvalue weighted by Gasteiger charge is -2.23. The Morgan fingerprint density at radius 2 is 2.21 bits per heavy atom. The molecule has 1 aromatic heterocycles. The second-order valence-electron chi connectivity index (χ2n) is 5.60. The maximum atomic E-state index is 12.2. The van der Waals surface area contributed by atoms with Gasteiger partial charge in [-0.1, -0.05) is 0 Å². The molecule has 0 saturated carbocycles. The Labute approximate surface area is 111 Å². The molecule has 1 N–H and O–H groups in total. The molecule has 0 aromatic carbocycles. The van der Waals surface area contributed by atoms with Crippen molar-refractivity contribution in [3.05, 3.63) is 22.4 Å². The van der Waals surface area contributed by atoms with Gasteiger partial charge in [-0.05, 0) is 27.2 Å². The summed E-state index contributed by atoms with van der Waals surface area (Å²) in [5.74, 6) is 0.267. The molecule has 0 aliphatic carbocycles. The minimum Gasteiger partial charge on any atom is -0.458 e. The van der Waals surface area contributed by atoms with E-state index < -0.39 is 11.6 Å². The zero-order chi connectivity index (χ0) is 14.2. The summed E-state index contributed by atoms with van der Waals surface area (Å²) in [6.45, 7) is 5.43. The predicted molar refractivity (Wildman–Crippen MR) is 71.2 cm³/mol. The third-order valence-electron chi connectivity index (χ3n) is 2.97. The van der Waals surface area contributed by atoms with Crippen LogP contribution in [0.4, 0.5) is 5.69 Å². The zero-order valence-corrected chi connectivity index (χ0v) is 11.7. The summed E-state index contributed by atoms with van der Waals surface area (Å²) in [5, 5.41) is 2.78. The quantitative estimate of drug-likeness (QED) is 0.811. The van der Waals surface area contributed by atoms with Gasteiger partial charge in [-0.3, -0.25) is 9.36 Å². The summed E-state index contributed by atoms with van der Waals surface area (Å²) in [6, 6.07) is -0.567. The van der Waals surface area contributed by atoms with E-state index >= 15 is 0 Å². The molecule has 1 aliphatic rings. The van der Waals surface area contributed by atoms with Crippen LogP contribution in [0.15, 0.2) is 11.0 Å². The molecule has 1 aromatic rings. The van der Waals surface area contributed by atoms with Crippen molar-refractivity contribution in [2.24, 2.45) is 0 Å². The summed E-state index contributed by atoms with van der Waals surface area (Å²) in [7, 11) is 1.66. The molecule has 0 amide bonds. The summed E-state index contributed by atoms with van der Waals surface area (Å²) in [5.41, 5.74) is -0.391. The van der Waals surface area contributed by atoms with Gasteiger partial charge in [-0.25, -0.2) is 9.78 Å². The molecule has 1 aliphatic heterocycles. The van der Waals surface area contributed by atoms with E-state index in [-0.39, 0.29) is 11.5 Å². The van der Waals surface area contributed by atoms with Crippen molar-refractivity contribution in [2.75, 3.05) is 12.4 Å². The van der Waals surface area contributed by atoms with Crippen LogP contribution in [-0.2, 0) is 16.0 Å². The van der Waals surface area contributed by atoms with Gasteiger partial charge >= 0.3 is 5.97 Å². The minimum atomic E-state index is -0.567. The fourth-order valence-electron chi connectivity index (χ4n) is 2.17. The number of hydrogen-bond donors (Lipinski definition) is 1. The lowest BCUT2D eigenvalue weighted by atomic mass is 10.1. The van der Waals surface area contributed by atoms with E-state index in [1.807, 2.05) is 20.8 Å². The first-order valence-electron chi connectivity index (χ1n) is 6.34. The van der Waals surface area contributed by atoms with Gasteiger partial charge in [0.1, 0.15) is 23.2 Å². The first-order chi connectivity index (χ1) is 8.83. The van der Waals surface area contributed by atoms with Crippen molar-refractivity contribution in [1.82, 2.24) is 9.55 Å². The number of aromatic nitrogens is 2. The number of carbonyl (C=O) groups is 1. The molecule has 0 saturated heterocycles. The van der Waals surface area contributed by atoms with Crippen LogP contribution in [0, 0.1) is 0 Å². The summed E-state index contributed by atoms with van der Waals surface area (Å²) in [4.78, 5) is 28.6. The van der Waals surface area contributed by atoms with Crippen molar-refractivity contribution < 1.29 is 9.53 Å². The number of anilines is 1. The molecule has 1 unspecified atom stereocenters. The normalized spacial score (nSPS) is 18.0. The van der Waals surface area contributed by atoms with Crippen LogP contribution in [0.25, 0.3) is 0 Å². The van der Waals surface area contributed by atoms with Gasteiger partial charge in [0.2, 0.25) is 0 Å². The number of aryl methyl sites for hydroxylation is 1. The number of hydrogen-bond acceptors (Lipinski definition) is 5. The van der Waals surface area contributed by atoms with E-state index in [1.165, 1.54) is 10.8 Å². The molecular weight excluding hydrogens is 246 g/mol. The molecule has 0 spiro atoms. The van der Waals surface area contributed by atoms with Crippen LogP contribution in [-0.4, -0.2) is 28.2 Å². The van der Waals surface area contributed by atoms with E-state index in [2.05, 4.69) is 10.3 Å². The molecule has 1 atom stereocenters. The van der Waals surface area contributed by atoms with Crippen LogP contribution >= 0.6 is 0 Å². The molecule has 19 heavy (non-hydrogen) atoms. The smallest absolute Gasteiger partial charge is 0.329 e. The Kier molecular flexibility index (Phi) is 3.34. The lowest BCUT2D eigenvalue weighted by Crippen LogP contribution is -2.34. The molecule has 104 valence electrons. The average Bonchev–Trinajstić information content (AvgIpc) is 2.72. The van der Waals surface area contributed by atoms with Gasteiger partial charge in [0.15, 0.2) is 0 Å². The molecule has 0 radical (unpaired) electrons. The summed E-state index contributed by atoms with van der Waals surface area (Å²) < 4.78 is 6.80. The Morgan fingerprint density at radius 1 is 1.53 bits per heavy atom. The highest BCUT2D eigenvalue weighted by atomic mass is 16.6. The Bertz CT molecular complexity index is 557. The zero-order valence-electron chi connectivity index (χ0n) is 11.7. The highest BCUT2D eigenvalue weighted by Gasteiger charge is 2.34. The van der Waals surface area contributed by atoms with E-state index in [9.17, 15) is 9.59 Å². The third-order valence-corrected chi connectivity index (χ3v) is 2.97. The number of rotatable bonds is 2. The van der Waals surface area contributed by atoms with Crippen molar-refractivity contribution in [3.63, 3.8) is 0 Å². The van der Waals surface area contributed by atoms with Gasteiger partial charge in [0.25, 0.3) is 5.56 Å². The molecule has 0 fully saturated rings. The lowest BCUT2D eigenvalue weighted by molar-refractivity contribution is -0.158. The number of nitrogens with one attached hydrogen (secondary N) is 1. The average molecular weight is 265 g/mol. The van der Waals surface area contributed by atoms with E-state index in [0.29, 0.717) is 24.4 Å². The second kappa shape index (κ2) is 4.68. The Hall–Kier alpha value is -1.85. The van der Waals surface area contributed by atoms with E-state index in [4.69, 9.17) is 4.74 Å². The first-order valence-corrected chi connectivity index (χ1v) is 6.34. The van der Waals surface area contributed by atoms with Gasteiger partial charge < -0.3 is 10.1 Å². The van der Waals surface area contributed by atoms with Crippen LogP contribution in [0.2, 0.25) is 0 Å². The van der Waals surface area contributed by atoms with Crippen molar-refractivity contribution >= 4 is 11.7 Å². The van der Waals surface area contributed by atoms with Crippen LogP contribution in [0.1, 0.15) is 39.1 Å².